The first-order chi connectivity index (χ1) is 14.5. The summed E-state index contributed by atoms with van der Waals surface area (Å²) in [5.74, 6) is 0.752. The van der Waals surface area contributed by atoms with Gasteiger partial charge >= 0.3 is 0 Å². The van der Waals surface area contributed by atoms with Gasteiger partial charge < -0.3 is 10.1 Å². The first-order valence-electron chi connectivity index (χ1n) is 8.85. The van der Waals surface area contributed by atoms with Gasteiger partial charge in [0, 0.05) is 0 Å². The summed E-state index contributed by atoms with van der Waals surface area (Å²) >= 11 is 6.16. The van der Waals surface area contributed by atoms with Gasteiger partial charge in [-0.3, -0.25) is 0 Å². The summed E-state index contributed by atoms with van der Waals surface area (Å²) in [4.78, 5) is 4.35. The number of nitriles is 1. The number of aliphatic imine (C=N–C) groups is 1. The van der Waals surface area contributed by atoms with Crippen LogP contribution in [0.5, 0.6) is 11.5 Å². The fourth-order valence-electron chi connectivity index (χ4n) is 2.90. The zero-order chi connectivity index (χ0) is 21.1. The van der Waals surface area contributed by atoms with E-state index in [4.69, 9.17) is 21.6 Å². The molecule has 0 fully saturated rings. The molecule has 0 aliphatic carbocycles. The number of fused-ring (bicyclic) bond motifs is 1. The van der Waals surface area contributed by atoms with E-state index >= 15 is 0 Å². The fourth-order valence-corrected chi connectivity index (χ4v) is 4.23. The van der Waals surface area contributed by atoms with Gasteiger partial charge in [0.1, 0.15) is 16.3 Å². The number of ether oxygens (including phenoxy) is 1. The zero-order valence-corrected chi connectivity index (χ0v) is 17.0. The van der Waals surface area contributed by atoms with E-state index in [0.717, 1.165) is 5.56 Å². The van der Waals surface area contributed by atoms with Crippen LogP contribution in [0.4, 0.5) is 5.69 Å². The lowest BCUT2D eigenvalue weighted by Crippen LogP contribution is -2.40. The summed E-state index contributed by atoms with van der Waals surface area (Å²) < 4.78 is 33.7. The molecule has 3 aromatic rings. The van der Waals surface area contributed by atoms with Crippen molar-refractivity contribution in [3.05, 3.63) is 82.9 Å². The Kier molecular flexibility index (Phi) is 5.31. The van der Waals surface area contributed by atoms with Gasteiger partial charge in [0.05, 0.1) is 23.2 Å². The highest BCUT2D eigenvalue weighted by atomic mass is 35.5. The van der Waals surface area contributed by atoms with Crippen molar-refractivity contribution in [1.82, 2.24) is 4.72 Å². The first-order valence-corrected chi connectivity index (χ1v) is 10.7. The second-order valence-corrected chi connectivity index (χ2v) is 8.43. The van der Waals surface area contributed by atoms with Crippen molar-refractivity contribution in [3.63, 3.8) is 0 Å². The molecule has 0 amide bonds. The Morgan fingerprint density at radius 3 is 2.60 bits per heavy atom. The molecule has 0 bridgehead atoms. The number of benzene rings is 3. The van der Waals surface area contributed by atoms with Gasteiger partial charge in [0.15, 0.2) is 5.75 Å². The molecule has 3 aromatic carbocycles. The number of anilines is 1. The molecule has 0 aromatic heterocycles. The van der Waals surface area contributed by atoms with E-state index in [1.54, 1.807) is 54.6 Å². The molecular formula is C21H15ClN4O3S. The Balaban J connectivity index is 1.67. The molecule has 1 aliphatic rings. The van der Waals surface area contributed by atoms with Crippen LogP contribution in [0, 0.1) is 11.3 Å². The average molecular weight is 439 g/mol. The molecule has 9 heteroatoms. The maximum atomic E-state index is 12.7. The third-order valence-electron chi connectivity index (χ3n) is 4.28. The van der Waals surface area contributed by atoms with E-state index in [-0.39, 0.29) is 23.1 Å². The zero-order valence-electron chi connectivity index (χ0n) is 15.5. The smallest absolute Gasteiger partial charge is 0.266 e. The first kappa shape index (κ1) is 19.8. The van der Waals surface area contributed by atoms with Gasteiger partial charge in [-0.05, 0) is 42.0 Å². The van der Waals surface area contributed by atoms with E-state index in [9.17, 15) is 8.42 Å². The van der Waals surface area contributed by atoms with Crippen LogP contribution in [0.1, 0.15) is 11.1 Å². The standard InChI is InChI=1S/C21H15ClN4O3S/c22-16-7-1-2-8-17(16)29-18-9-4-10-19-20(18)25-21(26-30(19,27)28)24-13-15-6-3-5-14(11-15)12-23/h1-11H,13H2,(H2,24,25,26). The topological polar surface area (TPSA) is 104 Å². The number of nitrogens with one attached hydrogen (secondary N) is 2. The highest BCUT2D eigenvalue weighted by molar-refractivity contribution is 7.90. The molecule has 0 saturated heterocycles. The minimum atomic E-state index is -3.84. The molecule has 150 valence electrons. The van der Waals surface area contributed by atoms with Gasteiger partial charge in [-0.15, -0.1) is 0 Å². The largest absolute Gasteiger partial charge is 0.454 e. The van der Waals surface area contributed by atoms with Crippen LogP contribution in [0.15, 0.2) is 76.6 Å². The van der Waals surface area contributed by atoms with E-state index in [0.29, 0.717) is 22.1 Å². The van der Waals surface area contributed by atoms with Crippen molar-refractivity contribution in [2.24, 2.45) is 4.99 Å². The number of hydrogen-bond acceptors (Lipinski definition) is 5. The number of guanidine groups is 1. The van der Waals surface area contributed by atoms with Crippen molar-refractivity contribution >= 4 is 33.3 Å². The van der Waals surface area contributed by atoms with Gasteiger partial charge in [0.25, 0.3) is 10.0 Å². The summed E-state index contributed by atoms with van der Waals surface area (Å²) in [5, 5.41) is 12.4. The van der Waals surface area contributed by atoms with E-state index in [1.807, 2.05) is 6.07 Å². The van der Waals surface area contributed by atoms with E-state index < -0.39 is 10.0 Å². The van der Waals surface area contributed by atoms with Crippen LogP contribution in [0.3, 0.4) is 0 Å². The van der Waals surface area contributed by atoms with Crippen molar-refractivity contribution in [2.45, 2.75) is 11.4 Å². The second-order valence-electron chi connectivity index (χ2n) is 6.37. The van der Waals surface area contributed by atoms with Gasteiger partial charge in [-0.2, -0.15) is 5.26 Å². The van der Waals surface area contributed by atoms with Crippen molar-refractivity contribution in [2.75, 3.05) is 5.32 Å². The van der Waals surface area contributed by atoms with E-state index in [2.05, 4.69) is 21.1 Å². The van der Waals surface area contributed by atoms with Gasteiger partial charge in [-0.1, -0.05) is 41.9 Å². The van der Waals surface area contributed by atoms with Crippen LogP contribution in [-0.2, 0) is 16.6 Å². The minimum absolute atomic E-state index is 0.0393. The Bertz CT molecular complexity index is 1300. The normalized spacial score (nSPS) is 15.4. The molecule has 1 heterocycles. The number of nitrogens with zero attached hydrogens (tertiary/aromatic N) is 2. The summed E-state index contributed by atoms with van der Waals surface area (Å²) in [6, 6.07) is 20.6. The SMILES string of the molecule is N#Cc1cccc(CN=C2Nc3c(Oc4ccccc4Cl)cccc3S(=O)(=O)N2)c1. The summed E-state index contributed by atoms with van der Waals surface area (Å²) in [6.07, 6.45) is 0. The van der Waals surface area contributed by atoms with Crippen LogP contribution in [-0.4, -0.2) is 14.4 Å². The maximum absolute atomic E-state index is 12.7. The van der Waals surface area contributed by atoms with Crippen molar-refractivity contribution in [1.29, 1.82) is 5.26 Å². The van der Waals surface area contributed by atoms with Crippen molar-refractivity contribution in [3.8, 4) is 17.6 Å². The monoisotopic (exact) mass is 438 g/mol. The summed E-state index contributed by atoms with van der Waals surface area (Å²) in [6.45, 7) is 0.184. The highest BCUT2D eigenvalue weighted by Crippen LogP contribution is 2.38. The third-order valence-corrected chi connectivity index (χ3v) is 5.98. The number of rotatable bonds is 4. The van der Waals surface area contributed by atoms with Crippen LogP contribution in [0.25, 0.3) is 0 Å². The fraction of sp³-hybridized carbons (Fsp3) is 0.0476. The molecule has 0 spiro atoms. The average Bonchev–Trinajstić information content (AvgIpc) is 2.74. The van der Waals surface area contributed by atoms with Crippen LogP contribution in [0.2, 0.25) is 5.02 Å². The predicted octanol–water partition coefficient (Wildman–Crippen LogP) is 4.26. The molecule has 7 nitrogen and oxygen atoms in total. The Morgan fingerprint density at radius 1 is 1.03 bits per heavy atom. The lowest BCUT2D eigenvalue weighted by molar-refractivity contribution is 0.483. The molecule has 2 N–H and O–H groups in total. The van der Waals surface area contributed by atoms with Crippen molar-refractivity contribution < 1.29 is 13.2 Å². The molecule has 0 saturated carbocycles. The number of sulfonamides is 1. The molecule has 30 heavy (non-hydrogen) atoms. The lowest BCUT2D eigenvalue weighted by Gasteiger charge is -2.23. The number of hydrogen-bond donors (Lipinski definition) is 2. The Labute approximate surface area is 178 Å². The number of halogens is 1. The van der Waals surface area contributed by atoms with E-state index in [1.165, 1.54) is 6.07 Å². The van der Waals surface area contributed by atoms with Gasteiger partial charge in [-0.25, -0.2) is 18.1 Å². The summed E-state index contributed by atoms with van der Waals surface area (Å²) in [5.41, 5.74) is 1.54. The highest BCUT2D eigenvalue weighted by Gasteiger charge is 2.29. The number of para-hydroxylation sites is 2. The quantitative estimate of drug-likeness (QED) is 0.633. The van der Waals surface area contributed by atoms with Crippen LogP contribution < -0.4 is 14.8 Å². The molecule has 1 aliphatic heterocycles. The molecule has 4 rings (SSSR count). The van der Waals surface area contributed by atoms with Crippen LogP contribution >= 0.6 is 11.6 Å². The van der Waals surface area contributed by atoms with Gasteiger partial charge in [0.2, 0.25) is 5.96 Å². The Morgan fingerprint density at radius 2 is 1.80 bits per heavy atom. The maximum Gasteiger partial charge on any atom is 0.266 e. The molecule has 0 radical (unpaired) electrons. The molecule has 0 unspecified atom stereocenters. The molecular weight excluding hydrogens is 424 g/mol. The molecule has 0 atom stereocenters. The predicted molar refractivity (Wildman–Crippen MR) is 114 cm³/mol. The lowest BCUT2D eigenvalue weighted by atomic mass is 10.1. The Hall–Kier alpha value is -3.54. The third kappa shape index (κ3) is 4.08. The summed E-state index contributed by atoms with van der Waals surface area (Å²) in [7, 11) is -3.84. The second kappa shape index (κ2) is 8.06. The minimum Gasteiger partial charge on any atom is -0.454 e.